The van der Waals surface area contributed by atoms with E-state index in [1.807, 2.05) is 35.2 Å². The molecule has 0 spiro atoms. The zero-order valence-electron chi connectivity index (χ0n) is 14.8. The number of halogens is 3. The van der Waals surface area contributed by atoms with Gasteiger partial charge in [-0.1, -0.05) is 40.9 Å². The minimum absolute atomic E-state index is 0.00671. The van der Waals surface area contributed by atoms with Gasteiger partial charge in [0.05, 0.1) is 10.7 Å². The van der Waals surface area contributed by atoms with Crippen molar-refractivity contribution in [2.24, 2.45) is 0 Å². The second-order valence-corrected chi connectivity index (χ2v) is 7.52. The molecular formula is C20H17Cl3N4O. The van der Waals surface area contributed by atoms with Crippen LogP contribution < -0.4 is 10.2 Å². The molecular weight excluding hydrogens is 419 g/mol. The lowest BCUT2D eigenvalue weighted by molar-refractivity contribution is -0.112. The highest BCUT2D eigenvalue weighted by Crippen LogP contribution is 2.26. The summed E-state index contributed by atoms with van der Waals surface area (Å²) in [5.74, 6) is -0.524. The molecule has 0 radical (unpaired) electrons. The Morgan fingerprint density at radius 2 is 1.75 bits per heavy atom. The molecule has 1 amide bonds. The maximum Gasteiger partial charge on any atom is 0.267 e. The van der Waals surface area contributed by atoms with Crippen molar-refractivity contribution in [3.8, 4) is 6.07 Å². The monoisotopic (exact) mass is 434 g/mol. The third-order valence-electron chi connectivity index (χ3n) is 4.34. The van der Waals surface area contributed by atoms with E-state index in [-0.39, 0.29) is 5.57 Å². The summed E-state index contributed by atoms with van der Waals surface area (Å²) in [5, 5.41) is 13.5. The van der Waals surface area contributed by atoms with Crippen LogP contribution in [0.25, 0.3) is 0 Å². The van der Waals surface area contributed by atoms with Gasteiger partial charge in [-0.05, 0) is 36.4 Å². The number of rotatable bonds is 4. The predicted molar refractivity (Wildman–Crippen MR) is 114 cm³/mol. The number of amides is 1. The molecule has 28 heavy (non-hydrogen) atoms. The molecule has 0 saturated carbocycles. The fraction of sp³-hybridized carbons (Fsp3) is 0.200. The zero-order valence-corrected chi connectivity index (χ0v) is 17.1. The molecule has 0 bridgehead atoms. The molecule has 1 saturated heterocycles. The normalized spacial score (nSPS) is 14.6. The smallest absolute Gasteiger partial charge is 0.267 e. The van der Waals surface area contributed by atoms with Gasteiger partial charge in [0.15, 0.2) is 0 Å². The van der Waals surface area contributed by atoms with Crippen LogP contribution in [-0.4, -0.2) is 37.0 Å². The van der Waals surface area contributed by atoms with Gasteiger partial charge in [0.25, 0.3) is 5.91 Å². The van der Waals surface area contributed by atoms with Crippen molar-refractivity contribution in [3.63, 3.8) is 0 Å². The molecule has 1 heterocycles. The Morgan fingerprint density at radius 1 is 1.04 bits per heavy atom. The molecule has 5 nitrogen and oxygen atoms in total. The van der Waals surface area contributed by atoms with E-state index >= 15 is 0 Å². The van der Waals surface area contributed by atoms with Crippen LogP contribution in [0.1, 0.15) is 0 Å². The van der Waals surface area contributed by atoms with Crippen molar-refractivity contribution in [1.29, 1.82) is 5.26 Å². The summed E-state index contributed by atoms with van der Waals surface area (Å²) in [6.45, 7) is 2.89. The van der Waals surface area contributed by atoms with Crippen LogP contribution in [-0.2, 0) is 4.79 Å². The molecule has 2 aromatic rings. The third-order valence-corrected chi connectivity index (χ3v) is 5.14. The predicted octanol–water partition coefficient (Wildman–Crippen LogP) is 4.81. The Balaban J connectivity index is 1.64. The second-order valence-electron chi connectivity index (χ2n) is 6.24. The van der Waals surface area contributed by atoms with E-state index in [4.69, 9.17) is 34.8 Å². The molecule has 8 heteroatoms. The fourth-order valence-corrected chi connectivity index (χ4v) is 3.41. The standard InChI is InChI=1S/C20H17Cl3N4O/c21-15-2-1-3-17(10-15)27-8-6-26(7-9-27)13-14(12-24)20(28)25-19-11-16(22)4-5-18(19)23/h1-5,10-11,13H,6-9H2,(H,25,28)/b14-13-. The van der Waals surface area contributed by atoms with Crippen LogP contribution in [0.2, 0.25) is 15.1 Å². The highest BCUT2D eigenvalue weighted by Gasteiger charge is 2.18. The van der Waals surface area contributed by atoms with E-state index in [0.717, 1.165) is 18.8 Å². The van der Waals surface area contributed by atoms with Crippen molar-refractivity contribution >= 4 is 52.1 Å². The minimum atomic E-state index is -0.524. The van der Waals surface area contributed by atoms with Crippen molar-refractivity contribution in [1.82, 2.24) is 4.90 Å². The fourth-order valence-electron chi connectivity index (χ4n) is 2.89. The molecule has 0 aromatic heterocycles. The van der Waals surface area contributed by atoms with Crippen LogP contribution in [0.3, 0.4) is 0 Å². The van der Waals surface area contributed by atoms with Gasteiger partial charge in [-0.2, -0.15) is 5.26 Å². The van der Waals surface area contributed by atoms with E-state index in [0.29, 0.717) is 33.8 Å². The highest BCUT2D eigenvalue weighted by molar-refractivity contribution is 6.36. The van der Waals surface area contributed by atoms with Gasteiger partial charge in [0.2, 0.25) is 0 Å². The topological polar surface area (TPSA) is 59.4 Å². The summed E-state index contributed by atoms with van der Waals surface area (Å²) in [7, 11) is 0. The third kappa shape index (κ3) is 5.11. The molecule has 1 N–H and O–H groups in total. The molecule has 3 rings (SSSR count). The Bertz CT molecular complexity index is 947. The number of nitriles is 1. The number of hydrogen-bond donors (Lipinski definition) is 1. The molecule has 0 atom stereocenters. The zero-order chi connectivity index (χ0) is 20.1. The number of nitrogens with one attached hydrogen (secondary N) is 1. The van der Waals surface area contributed by atoms with Crippen molar-refractivity contribution < 1.29 is 4.79 Å². The lowest BCUT2D eigenvalue weighted by Crippen LogP contribution is -2.44. The van der Waals surface area contributed by atoms with Gasteiger partial charge in [0, 0.05) is 48.1 Å². The van der Waals surface area contributed by atoms with Crippen LogP contribution in [0.4, 0.5) is 11.4 Å². The molecule has 144 valence electrons. The van der Waals surface area contributed by atoms with Gasteiger partial charge in [0.1, 0.15) is 11.6 Å². The maximum atomic E-state index is 12.4. The lowest BCUT2D eigenvalue weighted by atomic mass is 10.2. The largest absolute Gasteiger partial charge is 0.373 e. The average Bonchev–Trinajstić information content (AvgIpc) is 2.69. The first kappa shape index (κ1) is 20.3. The van der Waals surface area contributed by atoms with Gasteiger partial charge >= 0.3 is 0 Å². The molecule has 0 aliphatic carbocycles. The van der Waals surface area contributed by atoms with E-state index in [1.165, 1.54) is 0 Å². The summed E-state index contributed by atoms with van der Waals surface area (Å²) < 4.78 is 0. The van der Waals surface area contributed by atoms with Crippen molar-refractivity contribution in [3.05, 3.63) is 69.3 Å². The Labute approximate surface area is 178 Å². The van der Waals surface area contributed by atoms with Gasteiger partial charge in [-0.3, -0.25) is 4.79 Å². The first-order valence-electron chi connectivity index (χ1n) is 8.59. The Hall–Kier alpha value is -2.39. The van der Waals surface area contributed by atoms with E-state index in [2.05, 4.69) is 10.2 Å². The van der Waals surface area contributed by atoms with Gasteiger partial charge < -0.3 is 15.1 Å². The number of benzene rings is 2. The number of piperazine rings is 1. The van der Waals surface area contributed by atoms with Crippen LogP contribution in [0.5, 0.6) is 0 Å². The SMILES string of the molecule is N#C/C(=C/N1CCN(c2cccc(Cl)c2)CC1)C(=O)Nc1cc(Cl)ccc1Cl. The van der Waals surface area contributed by atoms with Crippen LogP contribution in [0.15, 0.2) is 54.2 Å². The summed E-state index contributed by atoms with van der Waals surface area (Å²) in [4.78, 5) is 16.6. The summed E-state index contributed by atoms with van der Waals surface area (Å²) in [5.41, 5.74) is 1.43. The second kappa shape index (κ2) is 9.20. The Kier molecular flexibility index (Phi) is 6.69. The first-order chi connectivity index (χ1) is 13.5. The number of hydrogen-bond acceptors (Lipinski definition) is 4. The Morgan fingerprint density at radius 3 is 2.43 bits per heavy atom. The highest BCUT2D eigenvalue weighted by atomic mass is 35.5. The van der Waals surface area contributed by atoms with E-state index in [1.54, 1.807) is 24.4 Å². The average molecular weight is 436 g/mol. The maximum absolute atomic E-state index is 12.4. The molecule has 1 aliphatic heterocycles. The number of nitrogens with zero attached hydrogens (tertiary/aromatic N) is 3. The lowest BCUT2D eigenvalue weighted by Gasteiger charge is -2.35. The molecule has 0 unspecified atom stereocenters. The van der Waals surface area contributed by atoms with Gasteiger partial charge in [-0.15, -0.1) is 0 Å². The van der Waals surface area contributed by atoms with E-state index in [9.17, 15) is 10.1 Å². The number of anilines is 2. The molecule has 1 aliphatic rings. The summed E-state index contributed by atoms with van der Waals surface area (Å²) in [6, 6.07) is 14.4. The first-order valence-corrected chi connectivity index (χ1v) is 9.72. The van der Waals surface area contributed by atoms with Crippen LogP contribution in [0, 0.1) is 11.3 Å². The van der Waals surface area contributed by atoms with Crippen molar-refractivity contribution in [2.45, 2.75) is 0 Å². The van der Waals surface area contributed by atoms with Crippen molar-refractivity contribution in [2.75, 3.05) is 36.4 Å². The summed E-state index contributed by atoms with van der Waals surface area (Å²) in [6.07, 6.45) is 1.59. The van der Waals surface area contributed by atoms with E-state index < -0.39 is 5.91 Å². The quantitative estimate of drug-likeness (QED) is 0.553. The minimum Gasteiger partial charge on any atom is -0.373 e. The number of carbonyl (C=O) groups excluding carboxylic acids is 1. The number of carbonyl (C=O) groups is 1. The molecule has 2 aromatic carbocycles. The molecule has 1 fully saturated rings. The summed E-state index contributed by atoms with van der Waals surface area (Å²) >= 11 is 18.1. The van der Waals surface area contributed by atoms with Crippen LogP contribution >= 0.6 is 34.8 Å². The van der Waals surface area contributed by atoms with Gasteiger partial charge in [-0.25, -0.2) is 0 Å².